The highest BCUT2D eigenvalue weighted by Gasteiger charge is 2.13. The number of carbonyl (C=O) groups excluding carboxylic acids is 1. The maximum absolute atomic E-state index is 12.2. The Bertz CT molecular complexity index is 587. The molecule has 1 N–H and O–H groups in total. The number of aromatic nitrogens is 1. The second-order valence-corrected chi connectivity index (χ2v) is 4.12. The molecule has 0 atom stereocenters. The van der Waals surface area contributed by atoms with E-state index in [0.717, 1.165) is 0 Å². The fourth-order valence-electron chi connectivity index (χ4n) is 1.59. The zero-order valence-corrected chi connectivity index (χ0v) is 11.1. The van der Waals surface area contributed by atoms with Gasteiger partial charge in [-0.1, -0.05) is 23.7 Å². The van der Waals surface area contributed by atoms with Gasteiger partial charge < -0.3 is 10.1 Å². The third kappa shape index (κ3) is 3.23. The van der Waals surface area contributed by atoms with Gasteiger partial charge in [0.2, 0.25) is 0 Å². The quantitative estimate of drug-likeness (QED) is 0.931. The van der Waals surface area contributed by atoms with Gasteiger partial charge in [-0.25, -0.2) is 4.98 Å². The van der Waals surface area contributed by atoms with Gasteiger partial charge in [0, 0.05) is 6.20 Å². The summed E-state index contributed by atoms with van der Waals surface area (Å²) in [5, 5.41) is 3.06. The van der Waals surface area contributed by atoms with E-state index in [2.05, 4.69) is 10.3 Å². The Balaban J connectivity index is 2.23. The maximum atomic E-state index is 12.2. The maximum Gasteiger partial charge on any atom is 0.260 e. The zero-order valence-electron chi connectivity index (χ0n) is 10.4. The summed E-state index contributed by atoms with van der Waals surface area (Å²) in [6, 6.07) is 10.4. The minimum atomic E-state index is -0.301. The molecule has 1 heterocycles. The van der Waals surface area contributed by atoms with Crippen molar-refractivity contribution in [2.75, 3.05) is 11.9 Å². The van der Waals surface area contributed by atoms with Crippen molar-refractivity contribution in [3.8, 4) is 5.75 Å². The summed E-state index contributed by atoms with van der Waals surface area (Å²) in [6.45, 7) is 2.36. The van der Waals surface area contributed by atoms with Crippen molar-refractivity contribution in [2.45, 2.75) is 6.92 Å². The molecular weight excluding hydrogens is 264 g/mol. The topological polar surface area (TPSA) is 51.2 Å². The molecule has 19 heavy (non-hydrogen) atoms. The molecule has 0 saturated carbocycles. The van der Waals surface area contributed by atoms with Crippen molar-refractivity contribution < 1.29 is 9.53 Å². The summed E-state index contributed by atoms with van der Waals surface area (Å²) in [6.07, 6.45) is 1.57. The highest BCUT2D eigenvalue weighted by atomic mass is 35.5. The van der Waals surface area contributed by atoms with Crippen LogP contribution >= 0.6 is 11.6 Å². The molecule has 0 spiro atoms. The Kier molecular flexibility index (Phi) is 4.36. The second kappa shape index (κ2) is 6.20. The number of pyridine rings is 1. The van der Waals surface area contributed by atoms with E-state index >= 15 is 0 Å². The molecule has 0 bridgehead atoms. The van der Waals surface area contributed by atoms with Crippen LogP contribution in [0.4, 0.5) is 5.82 Å². The molecular formula is C14H13ClN2O2. The summed E-state index contributed by atoms with van der Waals surface area (Å²) < 4.78 is 5.41. The lowest BCUT2D eigenvalue weighted by Gasteiger charge is -2.10. The molecule has 0 radical (unpaired) electrons. The van der Waals surface area contributed by atoms with E-state index in [1.165, 1.54) is 0 Å². The molecule has 2 rings (SSSR count). The van der Waals surface area contributed by atoms with Crippen molar-refractivity contribution in [3.05, 3.63) is 53.2 Å². The first-order valence-electron chi connectivity index (χ1n) is 5.86. The van der Waals surface area contributed by atoms with Gasteiger partial charge in [-0.3, -0.25) is 4.79 Å². The summed E-state index contributed by atoms with van der Waals surface area (Å²) in [5.74, 6) is 0.569. The molecule has 1 aromatic carbocycles. The van der Waals surface area contributed by atoms with Crippen LogP contribution < -0.4 is 10.1 Å². The largest absolute Gasteiger partial charge is 0.493 e. The number of hydrogen-bond acceptors (Lipinski definition) is 3. The number of nitrogens with one attached hydrogen (secondary N) is 1. The van der Waals surface area contributed by atoms with Crippen molar-refractivity contribution in [2.24, 2.45) is 0 Å². The van der Waals surface area contributed by atoms with Crippen molar-refractivity contribution in [1.29, 1.82) is 0 Å². The summed E-state index contributed by atoms with van der Waals surface area (Å²) >= 11 is 5.95. The van der Waals surface area contributed by atoms with Gasteiger partial charge in [-0.05, 0) is 31.2 Å². The van der Waals surface area contributed by atoms with E-state index in [1.54, 1.807) is 36.5 Å². The first kappa shape index (κ1) is 13.4. The van der Waals surface area contributed by atoms with Crippen LogP contribution in [-0.4, -0.2) is 17.5 Å². The van der Waals surface area contributed by atoms with E-state index in [4.69, 9.17) is 16.3 Å². The molecule has 0 saturated heterocycles. The molecule has 98 valence electrons. The number of nitrogens with zero attached hydrogens (tertiary/aromatic N) is 1. The zero-order chi connectivity index (χ0) is 13.7. The van der Waals surface area contributed by atoms with Gasteiger partial charge in [-0.2, -0.15) is 0 Å². The van der Waals surface area contributed by atoms with Crippen LogP contribution in [0.25, 0.3) is 0 Å². The van der Waals surface area contributed by atoms with Gasteiger partial charge in [0.25, 0.3) is 5.91 Å². The second-order valence-electron chi connectivity index (χ2n) is 3.72. The van der Waals surface area contributed by atoms with Crippen LogP contribution in [0.15, 0.2) is 42.6 Å². The number of rotatable bonds is 4. The molecule has 5 heteroatoms. The van der Waals surface area contributed by atoms with Crippen LogP contribution in [0.2, 0.25) is 5.02 Å². The number of halogens is 1. The number of hydrogen-bond donors (Lipinski definition) is 1. The highest BCUT2D eigenvalue weighted by molar-refractivity contribution is 6.33. The molecule has 1 amide bonds. The Morgan fingerprint density at radius 2 is 2.11 bits per heavy atom. The predicted molar refractivity (Wildman–Crippen MR) is 74.8 cm³/mol. The monoisotopic (exact) mass is 276 g/mol. The number of carbonyl (C=O) groups is 1. The fraction of sp³-hybridized carbons (Fsp3) is 0.143. The smallest absolute Gasteiger partial charge is 0.260 e. The third-order valence-corrected chi connectivity index (χ3v) is 2.73. The minimum Gasteiger partial charge on any atom is -0.493 e. The molecule has 0 unspecified atom stereocenters. The van der Waals surface area contributed by atoms with E-state index in [9.17, 15) is 4.79 Å². The first-order chi connectivity index (χ1) is 9.22. The van der Waals surface area contributed by atoms with Crippen LogP contribution in [0.1, 0.15) is 17.3 Å². The van der Waals surface area contributed by atoms with Crippen molar-refractivity contribution in [3.63, 3.8) is 0 Å². The normalized spacial score (nSPS) is 10.0. The van der Waals surface area contributed by atoms with E-state index < -0.39 is 0 Å². The van der Waals surface area contributed by atoms with Gasteiger partial charge >= 0.3 is 0 Å². The first-order valence-corrected chi connectivity index (χ1v) is 6.24. The number of ether oxygens (including phenoxy) is 1. The van der Waals surface area contributed by atoms with Crippen LogP contribution in [-0.2, 0) is 0 Å². The van der Waals surface area contributed by atoms with Crippen LogP contribution in [0.3, 0.4) is 0 Å². The number of amides is 1. The van der Waals surface area contributed by atoms with Gasteiger partial charge in [0.15, 0.2) is 5.82 Å². The SMILES string of the molecule is CCOc1ccccc1C(=O)Nc1ncccc1Cl. The summed E-state index contributed by atoms with van der Waals surface area (Å²) in [4.78, 5) is 16.2. The standard InChI is InChI=1S/C14H13ClN2O2/c1-2-19-12-8-4-3-6-10(12)14(18)17-13-11(15)7-5-9-16-13/h3-9H,2H2,1H3,(H,16,17,18). The van der Waals surface area contributed by atoms with Gasteiger partial charge in [0.1, 0.15) is 5.75 Å². The molecule has 0 aliphatic carbocycles. The lowest BCUT2D eigenvalue weighted by Crippen LogP contribution is -2.14. The van der Waals surface area contributed by atoms with Crippen molar-refractivity contribution >= 4 is 23.3 Å². The fourth-order valence-corrected chi connectivity index (χ4v) is 1.76. The van der Waals surface area contributed by atoms with Gasteiger partial charge in [-0.15, -0.1) is 0 Å². The molecule has 4 nitrogen and oxygen atoms in total. The Labute approximate surface area is 116 Å². The third-order valence-electron chi connectivity index (χ3n) is 2.42. The van der Waals surface area contributed by atoms with Crippen LogP contribution in [0.5, 0.6) is 5.75 Å². The Morgan fingerprint density at radius 3 is 2.84 bits per heavy atom. The number of anilines is 1. The lowest BCUT2D eigenvalue weighted by atomic mass is 10.2. The summed E-state index contributed by atoms with van der Waals surface area (Å²) in [5.41, 5.74) is 0.450. The number of benzene rings is 1. The molecule has 0 aliphatic heterocycles. The summed E-state index contributed by atoms with van der Waals surface area (Å²) in [7, 11) is 0. The molecule has 0 aliphatic rings. The molecule has 1 aromatic heterocycles. The van der Waals surface area contributed by atoms with E-state index in [0.29, 0.717) is 28.8 Å². The average Bonchev–Trinajstić information content (AvgIpc) is 2.42. The number of para-hydroxylation sites is 1. The minimum absolute atomic E-state index is 0.301. The van der Waals surface area contributed by atoms with Crippen LogP contribution in [0, 0.1) is 0 Å². The van der Waals surface area contributed by atoms with E-state index in [-0.39, 0.29) is 5.91 Å². The Hall–Kier alpha value is -2.07. The molecule has 0 fully saturated rings. The lowest BCUT2D eigenvalue weighted by molar-refractivity contribution is 0.102. The van der Waals surface area contributed by atoms with Crippen molar-refractivity contribution in [1.82, 2.24) is 4.98 Å². The average molecular weight is 277 g/mol. The highest BCUT2D eigenvalue weighted by Crippen LogP contribution is 2.22. The molecule has 2 aromatic rings. The predicted octanol–water partition coefficient (Wildman–Crippen LogP) is 3.39. The van der Waals surface area contributed by atoms with Gasteiger partial charge in [0.05, 0.1) is 17.2 Å². The van der Waals surface area contributed by atoms with E-state index in [1.807, 2.05) is 13.0 Å². The Morgan fingerprint density at radius 1 is 1.32 bits per heavy atom.